The summed E-state index contributed by atoms with van der Waals surface area (Å²) < 4.78 is 1.82. The van der Waals surface area contributed by atoms with Gasteiger partial charge in [0.25, 0.3) is 0 Å². The molecule has 0 spiro atoms. The number of aryl methyl sites for hydroxylation is 1. The van der Waals surface area contributed by atoms with Gasteiger partial charge in [-0.15, -0.1) is 0 Å². The number of hydrogen-bond acceptors (Lipinski definition) is 2. The van der Waals surface area contributed by atoms with Crippen LogP contribution in [0.1, 0.15) is 6.92 Å². The third kappa shape index (κ3) is 1.59. The van der Waals surface area contributed by atoms with Gasteiger partial charge in [0, 0.05) is 24.4 Å². The van der Waals surface area contributed by atoms with E-state index in [0.29, 0.717) is 0 Å². The Kier molecular flexibility index (Phi) is 2.18. The summed E-state index contributed by atoms with van der Waals surface area (Å²) in [6.07, 6.45) is 3.65. The largest absolute Gasteiger partial charge is 0.322 e. The van der Waals surface area contributed by atoms with Crippen molar-refractivity contribution in [3.63, 3.8) is 0 Å². The summed E-state index contributed by atoms with van der Waals surface area (Å²) in [5.41, 5.74) is 1.65. The van der Waals surface area contributed by atoms with Crippen LogP contribution in [-0.4, -0.2) is 14.8 Å². The normalized spacial score (nSPS) is 10.4. The van der Waals surface area contributed by atoms with Gasteiger partial charge < -0.3 is 4.98 Å². The Morgan fingerprint density at radius 3 is 3.00 bits per heavy atom. The highest BCUT2D eigenvalue weighted by Crippen LogP contribution is 2.13. The molecule has 0 unspecified atom stereocenters. The Labute approximate surface area is 81.2 Å². The topological polar surface area (TPSA) is 50.7 Å². The third-order valence-corrected chi connectivity index (χ3v) is 2.04. The number of nitrogens with one attached hydrogen (secondary N) is 1. The van der Waals surface area contributed by atoms with Crippen molar-refractivity contribution in [2.24, 2.45) is 0 Å². The first-order valence-electron chi connectivity index (χ1n) is 4.52. The molecule has 0 aromatic carbocycles. The minimum atomic E-state index is -0.0910. The lowest BCUT2D eigenvalue weighted by molar-refractivity contribution is 0.660. The summed E-state index contributed by atoms with van der Waals surface area (Å²) in [4.78, 5) is 13.8. The van der Waals surface area contributed by atoms with E-state index in [1.54, 1.807) is 12.3 Å². The molecule has 0 aliphatic heterocycles. The minimum absolute atomic E-state index is 0.0910. The standard InChI is InChI=1S/C10H11N3O/c1-2-13-7-8(6-11-13)9-4-3-5-10(14)12-9/h3-7H,2H2,1H3,(H,12,14). The van der Waals surface area contributed by atoms with Crippen molar-refractivity contribution < 1.29 is 0 Å². The monoisotopic (exact) mass is 189 g/mol. The summed E-state index contributed by atoms with van der Waals surface area (Å²) in [5.74, 6) is 0. The molecule has 14 heavy (non-hydrogen) atoms. The second-order valence-corrected chi connectivity index (χ2v) is 3.01. The highest BCUT2D eigenvalue weighted by molar-refractivity contribution is 5.56. The van der Waals surface area contributed by atoms with Gasteiger partial charge in [-0.2, -0.15) is 5.10 Å². The average Bonchev–Trinajstić information content (AvgIpc) is 2.66. The Bertz CT molecular complexity index is 484. The third-order valence-electron chi connectivity index (χ3n) is 2.04. The van der Waals surface area contributed by atoms with Crippen LogP contribution >= 0.6 is 0 Å². The molecule has 0 radical (unpaired) electrons. The van der Waals surface area contributed by atoms with Gasteiger partial charge in [0.2, 0.25) is 5.56 Å². The van der Waals surface area contributed by atoms with E-state index in [1.807, 2.05) is 23.9 Å². The number of rotatable bonds is 2. The molecule has 0 amide bonds. The van der Waals surface area contributed by atoms with Gasteiger partial charge >= 0.3 is 0 Å². The van der Waals surface area contributed by atoms with Gasteiger partial charge in [-0.05, 0) is 13.0 Å². The van der Waals surface area contributed by atoms with E-state index >= 15 is 0 Å². The van der Waals surface area contributed by atoms with Gasteiger partial charge in [-0.3, -0.25) is 9.48 Å². The van der Waals surface area contributed by atoms with Crippen LogP contribution in [0.3, 0.4) is 0 Å². The molecule has 2 aromatic heterocycles. The van der Waals surface area contributed by atoms with E-state index in [9.17, 15) is 4.79 Å². The summed E-state index contributed by atoms with van der Waals surface area (Å²) in [6.45, 7) is 2.85. The molecule has 0 fully saturated rings. The van der Waals surface area contributed by atoms with Crippen LogP contribution in [0.5, 0.6) is 0 Å². The van der Waals surface area contributed by atoms with Crippen molar-refractivity contribution in [1.82, 2.24) is 14.8 Å². The fraction of sp³-hybridized carbons (Fsp3) is 0.200. The predicted octanol–water partition coefficient (Wildman–Crippen LogP) is 1.26. The second kappa shape index (κ2) is 3.49. The summed E-state index contributed by atoms with van der Waals surface area (Å²) in [5, 5.41) is 4.14. The van der Waals surface area contributed by atoms with Crippen LogP contribution in [0, 0.1) is 0 Å². The molecular formula is C10H11N3O. The molecule has 2 heterocycles. The van der Waals surface area contributed by atoms with Gasteiger partial charge in [0.05, 0.1) is 11.9 Å². The van der Waals surface area contributed by atoms with Crippen LogP contribution < -0.4 is 5.56 Å². The number of nitrogens with zero attached hydrogens (tertiary/aromatic N) is 2. The molecule has 0 aliphatic rings. The van der Waals surface area contributed by atoms with E-state index in [-0.39, 0.29) is 5.56 Å². The number of pyridine rings is 1. The highest BCUT2D eigenvalue weighted by atomic mass is 16.1. The number of hydrogen-bond donors (Lipinski definition) is 1. The molecule has 2 aromatic rings. The molecule has 0 bridgehead atoms. The van der Waals surface area contributed by atoms with Gasteiger partial charge in [0.1, 0.15) is 0 Å². The number of aromatic amines is 1. The van der Waals surface area contributed by atoms with Crippen LogP contribution in [0.4, 0.5) is 0 Å². The van der Waals surface area contributed by atoms with Crippen molar-refractivity contribution in [1.29, 1.82) is 0 Å². The van der Waals surface area contributed by atoms with Crippen molar-refractivity contribution in [3.8, 4) is 11.3 Å². The maximum absolute atomic E-state index is 11.1. The van der Waals surface area contributed by atoms with E-state index in [1.165, 1.54) is 6.07 Å². The lowest BCUT2D eigenvalue weighted by Crippen LogP contribution is -2.03. The molecule has 0 saturated heterocycles. The highest BCUT2D eigenvalue weighted by Gasteiger charge is 2.00. The lowest BCUT2D eigenvalue weighted by atomic mass is 10.2. The van der Waals surface area contributed by atoms with Crippen LogP contribution in [-0.2, 0) is 6.54 Å². The maximum Gasteiger partial charge on any atom is 0.248 e. The Hall–Kier alpha value is -1.84. The van der Waals surface area contributed by atoms with Gasteiger partial charge in [0.15, 0.2) is 0 Å². The summed E-state index contributed by atoms with van der Waals surface area (Å²) in [7, 11) is 0. The van der Waals surface area contributed by atoms with E-state index < -0.39 is 0 Å². The Balaban J connectivity index is 2.44. The van der Waals surface area contributed by atoms with Crippen molar-refractivity contribution in [2.75, 3.05) is 0 Å². The number of H-pyrrole nitrogens is 1. The molecule has 0 aliphatic carbocycles. The molecule has 4 nitrogen and oxygen atoms in total. The molecular weight excluding hydrogens is 178 g/mol. The van der Waals surface area contributed by atoms with Crippen LogP contribution in [0.25, 0.3) is 11.3 Å². The summed E-state index contributed by atoms with van der Waals surface area (Å²) >= 11 is 0. The smallest absolute Gasteiger partial charge is 0.248 e. The fourth-order valence-corrected chi connectivity index (χ4v) is 1.29. The lowest BCUT2D eigenvalue weighted by Gasteiger charge is -1.95. The van der Waals surface area contributed by atoms with Crippen LogP contribution in [0.2, 0.25) is 0 Å². The maximum atomic E-state index is 11.1. The second-order valence-electron chi connectivity index (χ2n) is 3.01. The van der Waals surface area contributed by atoms with Gasteiger partial charge in [-0.25, -0.2) is 0 Å². The van der Waals surface area contributed by atoms with Crippen molar-refractivity contribution in [3.05, 3.63) is 40.9 Å². The first kappa shape index (κ1) is 8.74. The van der Waals surface area contributed by atoms with Gasteiger partial charge in [-0.1, -0.05) is 6.07 Å². The zero-order chi connectivity index (χ0) is 9.97. The molecule has 1 N–H and O–H groups in total. The van der Waals surface area contributed by atoms with E-state index in [2.05, 4.69) is 10.1 Å². The van der Waals surface area contributed by atoms with Crippen molar-refractivity contribution in [2.45, 2.75) is 13.5 Å². The first-order chi connectivity index (χ1) is 6.79. The quantitative estimate of drug-likeness (QED) is 0.773. The first-order valence-corrected chi connectivity index (χ1v) is 4.52. The molecule has 4 heteroatoms. The average molecular weight is 189 g/mol. The van der Waals surface area contributed by atoms with Crippen molar-refractivity contribution >= 4 is 0 Å². The molecule has 0 saturated carbocycles. The molecule has 2 rings (SSSR count). The Morgan fingerprint density at radius 1 is 1.50 bits per heavy atom. The van der Waals surface area contributed by atoms with E-state index in [4.69, 9.17) is 0 Å². The van der Waals surface area contributed by atoms with Crippen LogP contribution in [0.15, 0.2) is 35.4 Å². The molecule has 0 atom stereocenters. The Morgan fingerprint density at radius 2 is 2.36 bits per heavy atom. The van der Waals surface area contributed by atoms with E-state index in [0.717, 1.165) is 17.8 Å². The predicted molar refractivity (Wildman–Crippen MR) is 54.0 cm³/mol. The number of aromatic nitrogens is 3. The fourth-order valence-electron chi connectivity index (χ4n) is 1.29. The molecule has 72 valence electrons. The summed E-state index contributed by atoms with van der Waals surface area (Å²) in [6, 6.07) is 5.09. The zero-order valence-electron chi connectivity index (χ0n) is 7.90. The zero-order valence-corrected chi connectivity index (χ0v) is 7.90. The minimum Gasteiger partial charge on any atom is -0.322 e. The SMILES string of the molecule is CCn1cc(-c2cccc(=O)[nH]2)cn1.